The summed E-state index contributed by atoms with van der Waals surface area (Å²) in [6, 6.07) is 20.3. The number of ether oxygens (including phenoxy) is 1. The Kier molecular flexibility index (Phi) is 8.86. The molecule has 3 aromatic rings. The van der Waals surface area contributed by atoms with Crippen molar-refractivity contribution in [2.45, 2.75) is 38.2 Å². The van der Waals surface area contributed by atoms with Gasteiger partial charge < -0.3 is 10.1 Å². The maximum atomic E-state index is 12.8. The van der Waals surface area contributed by atoms with Crippen LogP contribution in [0.5, 0.6) is 0 Å². The minimum Gasteiger partial charge on any atom is -0.444 e. The molecule has 3 rings (SSSR count). The van der Waals surface area contributed by atoms with Gasteiger partial charge in [-0.05, 0) is 69.7 Å². The molecule has 37 heavy (non-hydrogen) atoms. The molecule has 8 nitrogen and oxygen atoms in total. The van der Waals surface area contributed by atoms with Crippen LogP contribution in [0.15, 0.2) is 83.8 Å². The summed E-state index contributed by atoms with van der Waals surface area (Å²) in [7, 11) is -3.59. The van der Waals surface area contributed by atoms with Gasteiger partial charge in [0, 0.05) is 12.1 Å². The summed E-state index contributed by atoms with van der Waals surface area (Å²) in [4.78, 5) is 25.1. The Morgan fingerprint density at radius 1 is 0.865 bits per heavy atom. The smallest absolute Gasteiger partial charge is 0.412 e. The van der Waals surface area contributed by atoms with Gasteiger partial charge in [-0.1, -0.05) is 54.1 Å². The van der Waals surface area contributed by atoms with Crippen LogP contribution in [-0.2, 0) is 14.8 Å². The molecule has 194 valence electrons. The average Bonchev–Trinajstić information content (AvgIpc) is 2.82. The van der Waals surface area contributed by atoms with Crippen LogP contribution >= 0.6 is 0 Å². The molecule has 0 saturated carbocycles. The van der Waals surface area contributed by atoms with E-state index < -0.39 is 21.7 Å². The van der Waals surface area contributed by atoms with Crippen molar-refractivity contribution in [3.8, 4) is 0 Å². The fourth-order valence-electron chi connectivity index (χ4n) is 3.21. The zero-order valence-corrected chi connectivity index (χ0v) is 22.1. The molecule has 0 aromatic heterocycles. The van der Waals surface area contributed by atoms with Crippen molar-refractivity contribution in [1.29, 1.82) is 0 Å². The second-order valence-corrected chi connectivity index (χ2v) is 11.1. The Hall–Kier alpha value is -3.95. The summed E-state index contributed by atoms with van der Waals surface area (Å²) < 4.78 is 32.5. The number of sulfonamides is 1. The van der Waals surface area contributed by atoms with Gasteiger partial charge in [-0.2, -0.15) is 0 Å². The summed E-state index contributed by atoms with van der Waals surface area (Å²) in [5, 5.41) is 5.45. The van der Waals surface area contributed by atoms with E-state index in [1.165, 1.54) is 0 Å². The Bertz CT molecular complexity index is 1370. The van der Waals surface area contributed by atoms with E-state index >= 15 is 0 Å². The molecule has 0 aliphatic carbocycles. The van der Waals surface area contributed by atoms with Gasteiger partial charge in [0.2, 0.25) is 10.0 Å². The van der Waals surface area contributed by atoms with E-state index in [0.717, 1.165) is 11.1 Å². The SMILES string of the molecule is Cc1ccc(S(=O)(=O)NCC=Cc2ccc(C(=O)Nc3ccccc3NC(=O)OC(C)(C)C)cc2)cc1. The molecule has 3 N–H and O–H groups in total. The third-order valence-electron chi connectivity index (χ3n) is 5.02. The van der Waals surface area contributed by atoms with Crippen LogP contribution in [0.2, 0.25) is 0 Å². The Labute approximate surface area is 217 Å². The minimum absolute atomic E-state index is 0.125. The van der Waals surface area contributed by atoms with E-state index in [2.05, 4.69) is 15.4 Å². The number of benzene rings is 3. The topological polar surface area (TPSA) is 114 Å². The van der Waals surface area contributed by atoms with Crippen LogP contribution in [0.3, 0.4) is 0 Å². The Morgan fingerprint density at radius 2 is 1.46 bits per heavy atom. The van der Waals surface area contributed by atoms with Crippen LogP contribution in [0, 0.1) is 6.92 Å². The molecule has 0 atom stereocenters. The van der Waals surface area contributed by atoms with Crippen molar-refractivity contribution in [2.75, 3.05) is 17.2 Å². The first-order chi connectivity index (χ1) is 17.4. The van der Waals surface area contributed by atoms with E-state index in [4.69, 9.17) is 4.74 Å². The van der Waals surface area contributed by atoms with Gasteiger partial charge in [0.05, 0.1) is 16.3 Å². The van der Waals surface area contributed by atoms with Crippen molar-refractivity contribution < 1.29 is 22.7 Å². The number of carbonyl (C=O) groups is 2. The summed E-state index contributed by atoms with van der Waals surface area (Å²) in [5.74, 6) is -0.347. The van der Waals surface area contributed by atoms with Gasteiger partial charge in [-0.3, -0.25) is 10.1 Å². The van der Waals surface area contributed by atoms with Gasteiger partial charge in [-0.15, -0.1) is 0 Å². The highest BCUT2D eigenvalue weighted by atomic mass is 32.2. The first-order valence-corrected chi connectivity index (χ1v) is 13.1. The Balaban J connectivity index is 1.57. The van der Waals surface area contributed by atoms with Crippen LogP contribution in [-0.4, -0.2) is 32.6 Å². The van der Waals surface area contributed by atoms with E-state index in [1.807, 2.05) is 6.92 Å². The lowest BCUT2D eigenvalue weighted by atomic mass is 10.1. The van der Waals surface area contributed by atoms with Crippen molar-refractivity contribution >= 4 is 39.5 Å². The highest BCUT2D eigenvalue weighted by molar-refractivity contribution is 7.89. The van der Waals surface area contributed by atoms with Gasteiger partial charge in [0.1, 0.15) is 5.60 Å². The third kappa shape index (κ3) is 8.59. The van der Waals surface area contributed by atoms with Crippen molar-refractivity contribution in [2.24, 2.45) is 0 Å². The van der Waals surface area contributed by atoms with Crippen LogP contribution in [0.4, 0.5) is 16.2 Å². The number of aryl methyl sites for hydroxylation is 1. The standard InChI is InChI=1S/C28H31N3O5S/c1-20-11-17-23(18-12-20)37(34,35)29-19-7-8-21-13-15-22(16-14-21)26(32)30-24-9-5-6-10-25(24)31-27(33)36-28(2,3)4/h5-18,29H,19H2,1-4H3,(H,30,32)(H,31,33). The highest BCUT2D eigenvalue weighted by Gasteiger charge is 2.18. The zero-order valence-electron chi connectivity index (χ0n) is 21.2. The first kappa shape index (κ1) is 27.6. The van der Waals surface area contributed by atoms with Crippen LogP contribution in [0.1, 0.15) is 42.3 Å². The molecule has 0 radical (unpaired) electrons. The number of hydrogen-bond donors (Lipinski definition) is 3. The minimum atomic E-state index is -3.59. The monoisotopic (exact) mass is 521 g/mol. The largest absolute Gasteiger partial charge is 0.444 e. The molecular formula is C28H31N3O5S. The average molecular weight is 522 g/mol. The summed E-state index contributed by atoms with van der Waals surface area (Å²) in [6.07, 6.45) is 2.84. The van der Waals surface area contributed by atoms with Crippen LogP contribution < -0.4 is 15.4 Å². The highest BCUT2D eigenvalue weighted by Crippen LogP contribution is 2.23. The van der Waals surface area contributed by atoms with E-state index in [1.54, 1.807) is 106 Å². The quantitative estimate of drug-likeness (QED) is 0.358. The molecule has 9 heteroatoms. The van der Waals surface area contributed by atoms with Gasteiger partial charge in [0.15, 0.2) is 0 Å². The molecule has 0 aliphatic heterocycles. The molecular weight excluding hydrogens is 490 g/mol. The van der Waals surface area contributed by atoms with Crippen molar-refractivity contribution in [3.05, 3.63) is 95.6 Å². The number of anilines is 2. The van der Waals surface area contributed by atoms with Gasteiger partial charge in [0.25, 0.3) is 5.91 Å². The zero-order chi connectivity index (χ0) is 27.1. The second-order valence-electron chi connectivity index (χ2n) is 9.32. The molecule has 0 aliphatic rings. The molecule has 0 spiro atoms. The first-order valence-electron chi connectivity index (χ1n) is 11.7. The lowest BCUT2D eigenvalue weighted by Crippen LogP contribution is -2.27. The van der Waals surface area contributed by atoms with Gasteiger partial charge >= 0.3 is 6.09 Å². The molecule has 0 fully saturated rings. The number of carbonyl (C=O) groups excluding carboxylic acids is 2. The molecule has 3 aromatic carbocycles. The maximum Gasteiger partial charge on any atom is 0.412 e. The number of para-hydroxylation sites is 2. The molecule has 0 saturated heterocycles. The Morgan fingerprint density at radius 3 is 2.05 bits per heavy atom. The predicted octanol–water partition coefficient (Wildman–Crippen LogP) is 5.59. The number of hydrogen-bond acceptors (Lipinski definition) is 5. The van der Waals surface area contributed by atoms with Gasteiger partial charge in [-0.25, -0.2) is 17.9 Å². The number of amides is 2. The fourth-order valence-corrected chi connectivity index (χ4v) is 4.19. The van der Waals surface area contributed by atoms with Crippen LogP contribution in [0.25, 0.3) is 6.08 Å². The maximum absolute atomic E-state index is 12.8. The third-order valence-corrected chi connectivity index (χ3v) is 6.46. The lowest BCUT2D eigenvalue weighted by Gasteiger charge is -2.20. The second kappa shape index (κ2) is 11.9. The number of rotatable bonds is 8. The molecule has 0 bridgehead atoms. The molecule has 0 heterocycles. The summed E-state index contributed by atoms with van der Waals surface area (Å²) >= 11 is 0. The lowest BCUT2D eigenvalue weighted by molar-refractivity contribution is 0.0635. The normalized spacial score (nSPS) is 11.8. The predicted molar refractivity (Wildman–Crippen MR) is 146 cm³/mol. The summed E-state index contributed by atoms with van der Waals surface area (Å²) in [5.41, 5.74) is 2.41. The summed E-state index contributed by atoms with van der Waals surface area (Å²) in [6.45, 7) is 7.32. The van der Waals surface area contributed by atoms with Crippen molar-refractivity contribution in [1.82, 2.24) is 4.72 Å². The van der Waals surface area contributed by atoms with E-state index in [9.17, 15) is 18.0 Å². The van der Waals surface area contributed by atoms with E-state index in [0.29, 0.717) is 16.9 Å². The molecule has 2 amide bonds. The fraction of sp³-hybridized carbons (Fsp3) is 0.214. The van der Waals surface area contributed by atoms with E-state index in [-0.39, 0.29) is 17.3 Å². The molecule has 0 unspecified atom stereocenters. The number of nitrogens with one attached hydrogen (secondary N) is 3. The van der Waals surface area contributed by atoms with Crippen molar-refractivity contribution in [3.63, 3.8) is 0 Å².